The van der Waals surface area contributed by atoms with Crippen molar-refractivity contribution in [3.63, 3.8) is 0 Å². The average molecular weight is 665 g/mol. The van der Waals surface area contributed by atoms with Gasteiger partial charge in [0.2, 0.25) is 11.8 Å². The number of carbonyl (C=O) groups excluding carboxylic acids is 2. The van der Waals surface area contributed by atoms with E-state index in [9.17, 15) is 18.0 Å². The molecule has 11 heteroatoms. The van der Waals surface area contributed by atoms with E-state index >= 15 is 0 Å². The summed E-state index contributed by atoms with van der Waals surface area (Å²) in [6.45, 7) is 5.79. The number of sulfonamides is 1. The van der Waals surface area contributed by atoms with Gasteiger partial charge in [-0.3, -0.25) is 13.9 Å². The number of amides is 2. The number of anilines is 1. The van der Waals surface area contributed by atoms with Gasteiger partial charge < -0.3 is 15.0 Å². The molecule has 0 heterocycles. The van der Waals surface area contributed by atoms with Crippen LogP contribution in [0.1, 0.15) is 39.2 Å². The molecule has 0 aromatic heterocycles. The van der Waals surface area contributed by atoms with Crippen molar-refractivity contribution in [2.24, 2.45) is 0 Å². The van der Waals surface area contributed by atoms with Gasteiger partial charge in [-0.2, -0.15) is 0 Å². The average Bonchev–Trinajstić information content (AvgIpc) is 2.96. The largest absolute Gasteiger partial charge is 0.492 e. The fourth-order valence-corrected chi connectivity index (χ4v) is 5.91. The van der Waals surface area contributed by atoms with E-state index in [4.69, 9.17) is 16.3 Å². The van der Waals surface area contributed by atoms with Crippen molar-refractivity contribution in [3.8, 4) is 5.75 Å². The minimum atomic E-state index is -4.24. The van der Waals surface area contributed by atoms with Crippen LogP contribution in [0, 0.1) is 0 Å². The Labute approximate surface area is 255 Å². The number of unbranched alkanes of at least 4 members (excludes halogenated alkanes) is 1. The zero-order chi connectivity index (χ0) is 30.0. The molecule has 3 rings (SSSR count). The highest BCUT2D eigenvalue weighted by atomic mass is 79.9. The Bertz CT molecular complexity index is 1420. The number of hydrogen-bond donors (Lipinski definition) is 1. The molecule has 0 saturated carbocycles. The highest BCUT2D eigenvalue weighted by molar-refractivity contribution is 9.10. The van der Waals surface area contributed by atoms with E-state index in [1.165, 1.54) is 29.2 Å². The molecule has 0 aliphatic carbocycles. The van der Waals surface area contributed by atoms with Crippen LogP contribution in [-0.2, 0) is 26.2 Å². The number of benzene rings is 3. The van der Waals surface area contributed by atoms with E-state index in [1.807, 2.05) is 31.2 Å². The van der Waals surface area contributed by atoms with Crippen LogP contribution in [-0.4, -0.2) is 50.9 Å². The lowest BCUT2D eigenvalue weighted by atomic mass is 10.1. The third-order valence-electron chi connectivity index (χ3n) is 6.38. The standard InChI is InChI=1S/C30H35BrClN3O5S/c1-4-6-19-33-30(37)22(3)34(20-23-11-13-24(31)14-12-23)29(36)21-35(27-9-7-8-10-28(27)40-5-2)41(38,39)26-17-15-25(32)16-18-26/h7-18,22H,4-6,19-21H2,1-3H3,(H,33,37). The molecule has 1 N–H and O–H groups in total. The first-order chi connectivity index (χ1) is 19.6. The molecule has 8 nitrogen and oxygen atoms in total. The van der Waals surface area contributed by atoms with E-state index in [2.05, 4.69) is 21.2 Å². The lowest BCUT2D eigenvalue weighted by molar-refractivity contribution is -0.139. The highest BCUT2D eigenvalue weighted by Crippen LogP contribution is 2.33. The van der Waals surface area contributed by atoms with Crippen molar-refractivity contribution in [1.82, 2.24) is 10.2 Å². The van der Waals surface area contributed by atoms with E-state index < -0.39 is 28.5 Å². The summed E-state index contributed by atoms with van der Waals surface area (Å²) < 4.78 is 35.6. The third-order valence-corrected chi connectivity index (χ3v) is 8.93. The van der Waals surface area contributed by atoms with E-state index in [0.717, 1.165) is 27.2 Å². The predicted molar refractivity (Wildman–Crippen MR) is 166 cm³/mol. The molecular weight excluding hydrogens is 630 g/mol. The Kier molecular flexibility index (Phi) is 12.1. The molecule has 41 heavy (non-hydrogen) atoms. The minimum absolute atomic E-state index is 0.0363. The quantitative estimate of drug-likeness (QED) is 0.213. The summed E-state index contributed by atoms with van der Waals surface area (Å²) in [7, 11) is -4.24. The summed E-state index contributed by atoms with van der Waals surface area (Å²) in [5.41, 5.74) is 0.998. The first-order valence-corrected chi connectivity index (χ1v) is 16.0. The predicted octanol–water partition coefficient (Wildman–Crippen LogP) is 6.03. The summed E-state index contributed by atoms with van der Waals surface area (Å²) in [6.07, 6.45) is 1.72. The van der Waals surface area contributed by atoms with E-state index in [1.54, 1.807) is 38.1 Å². The van der Waals surface area contributed by atoms with Gasteiger partial charge in [0, 0.05) is 22.6 Å². The van der Waals surface area contributed by atoms with Gasteiger partial charge >= 0.3 is 0 Å². The molecule has 3 aromatic rings. The molecule has 2 amide bonds. The Morgan fingerprint density at radius 3 is 2.29 bits per heavy atom. The topological polar surface area (TPSA) is 96.0 Å². The van der Waals surface area contributed by atoms with Gasteiger partial charge in [-0.15, -0.1) is 0 Å². The molecule has 220 valence electrons. The molecule has 0 aliphatic rings. The van der Waals surface area contributed by atoms with Crippen molar-refractivity contribution in [3.05, 3.63) is 87.9 Å². The maximum absolute atomic E-state index is 14.0. The molecule has 0 bridgehead atoms. The molecule has 3 aromatic carbocycles. The number of hydrogen-bond acceptors (Lipinski definition) is 5. The van der Waals surface area contributed by atoms with Crippen LogP contribution in [0.15, 0.2) is 82.2 Å². The molecule has 1 atom stereocenters. The van der Waals surface area contributed by atoms with Gasteiger partial charge in [0.15, 0.2) is 0 Å². The molecule has 0 radical (unpaired) electrons. The normalized spacial score (nSPS) is 11.9. The zero-order valence-electron chi connectivity index (χ0n) is 23.3. The van der Waals surface area contributed by atoms with Crippen molar-refractivity contribution in [1.29, 1.82) is 0 Å². The Hall–Kier alpha value is -3.08. The highest BCUT2D eigenvalue weighted by Gasteiger charge is 2.33. The van der Waals surface area contributed by atoms with Crippen LogP contribution in [0.4, 0.5) is 5.69 Å². The fourth-order valence-electron chi connectivity index (χ4n) is 4.09. The lowest BCUT2D eigenvalue weighted by Crippen LogP contribution is -2.51. The summed E-state index contributed by atoms with van der Waals surface area (Å²) in [6, 6.07) is 18.9. The van der Waals surface area contributed by atoms with Gasteiger partial charge in [0.05, 0.1) is 17.2 Å². The maximum atomic E-state index is 14.0. The molecule has 1 unspecified atom stereocenters. The van der Waals surface area contributed by atoms with Gasteiger partial charge in [0.25, 0.3) is 10.0 Å². The Morgan fingerprint density at radius 2 is 1.66 bits per heavy atom. The van der Waals surface area contributed by atoms with Crippen molar-refractivity contribution in [2.45, 2.75) is 51.1 Å². The van der Waals surface area contributed by atoms with Gasteiger partial charge in [-0.1, -0.05) is 65.1 Å². The van der Waals surface area contributed by atoms with Crippen molar-refractivity contribution >= 4 is 55.1 Å². The van der Waals surface area contributed by atoms with E-state index in [0.29, 0.717) is 23.9 Å². The second kappa shape index (κ2) is 15.2. The van der Waals surface area contributed by atoms with Gasteiger partial charge in [-0.25, -0.2) is 8.42 Å². The molecular formula is C30H35BrClN3O5S. The molecule has 0 fully saturated rings. The monoisotopic (exact) mass is 663 g/mol. The summed E-state index contributed by atoms with van der Waals surface area (Å²) >= 11 is 9.43. The SMILES string of the molecule is CCCCNC(=O)C(C)N(Cc1ccc(Br)cc1)C(=O)CN(c1ccccc1OCC)S(=O)(=O)c1ccc(Cl)cc1. The van der Waals surface area contributed by atoms with Crippen LogP contribution in [0.3, 0.4) is 0 Å². The molecule has 0 spiro atoms. The van der Waals surface area contributed by atoms with Crippen LogP contribution >= 0.6 is 27.5 Å². The van der Waals surface area contributed by atoms with E-state index in [-0.39, 0.29) is 23.0 Å². The lowest BCUT2D eigenvalue weighted by Gasteiger charge is -2.32. The summed E-state index contributed by atoms with van der Waals surface area (Å²) in [4.78, 5) is 28.5. The summed E-state index contributed by atoms with van der Waals surface area (Å²) in [5.74, 6) is -0.550. The van der Waals surface area contributed by atoms with Crippen molar-refractivity contribution in [2.75, 3.05) is 24.0 Å². The number of nitrogens with one attached hydrogen (secondary N) is 1. The van der Waals surface area contributed by atoms with Crippen LogP contribution in [0.25, 0.3) is 0 Å². The number of rotatable bonds is 14. The molecule has 0 saturated heterocycles. The fraction of sp³-hybridized carbons (Fsp3) is 0.333. The number of halogens is 2. The maximum Gasteiger partial charge on any atom is 0.264 e. The minimum Gasteiger partial charge on any atom is -0.492 e. The number of ether oxygens (including phenoxy) is 1. The van der Waals surface area contributed by atoms with Crippen LogP contribution in [0.2, 0.25) is 5.02 Å². The van der Waals surface area contributed by atoms with Gasteiger partial charge in [0.1, 0.15) is 18.3 Å². The van der Waals surface area contributed by atoms with Crippen LogP contribution < -0.4 is 14.4 Å². The molecule has 0 aliphatic heterocycles. The summed E-state index contributed by atoms with van der Waals surface area (Å²) in [5, 5.41) is 3.26. The first kappa shape index (κ1) is 32.4. The van der Waals surface area contributed by atoms with Gasteiger partial charge in [-0.05, 0) is 74.4 Å². The third kappa shape index (κ3) is 8.70. The zero-order valence-corrected chi connectivity index (χ0v) is 26.5. The first-order valence-electron chi connectivity index (χ1n) is 13.4. The number of nitrogens with zero attached hydrogens (tertiary/aromatic N) is 2. The number of carbonyl (C=O) groups is 2. The Morgan fingerprint density at radius 1 is 1.00 bits per heavy atom. The van der Waals surface area contributed by atoms with Crippen LogP contribution in [0.5, 0.6) is 5.75 Å². The van der Waals surface area contributed by atoms with Crippen molar-refractivity contribution < 1.29 is 22.7 Å². The number of para-hydroxylation sites is 2. The second-order valence-corrected chi connectivity index (χ2v) is 12.5. The second-order valence-electron chi connectivity index (χ2n) is 9.33. The Balaban J connectivity index is 2.04. The smallest absolute Gasteiger partial charge is 0.264 e.